The van der Waals surface area contributed by atoms with Gasteiger partial charge in [-0.1, -0.05) is 19.3 Å². The van der Waals surface area contributed by atoms with Crippen molar-refractivity contribution in [1.82, 2.24) is 0 Å². The molecule has 0 aromatic carbocycles. The molecule has 0 aromatic heterocycles. The molecule has 0 bridgehead atoms. The van der Waals surface area contributed by atoms with Gasteiger partial charge in [-0.15, -0.1) is 0 Å². The molecular formula is C10H19N. The molecule has 0 aromatic rings. The lowest BCUT2D eigenvalue weighted by atomic mass is 9.58. The van der Waals surface area contributed by atoms with E-state index in [9.17, 15) is 0 Å². The Kier molecular flexibility index (Phi) is 2.17. The molecule has 0 saturated heterocycles. The molecule has 0 radical (unpaired) electrons. The van der Waals surface area contributed by atoms with E-state index in [1.165, 1.54) is 38.5 Å². The largest absolute Gasteiger partial charge is 0.330 e. The van der Waals surface area contributed by atoms with Crippen LogP contribution in [0.15, 0.2) is 0 Å². The van der Waals surface area contributed by atoms with Crippen LogP contribution in [0.2, 0.25) is 0 Å². The van der Waals surface area contributed by atoms with Crippen LogP contribution in [-0.2, 0) is 0 Å². The molecule has 64 valence electrons. The Bertz CT molecular complexity index is 133. The van der Waals surface area contributed by atoms with E-state index in [2.05, 4.69) is 0 Å². The zero-order chi connectivity index (χ0) is 7.68. The van der Waals surface area contributed by atoms with E-state index in [0.29, 0.717) is 0 Å². The first-order chi connectivity index (χ1) is 5.42. The summed E-state index contributed by atoms with van der Waals surface area (Å²) in [5, 5.41) is 0. The first kappa shape index (κ1) is 7.60. The molecule has 1 nitrogen and oxygen atoms in total. The number of nitrogens with two attached hydrogens (primary N) is 1. The minimum Gasteiger partial charge on any atom is -0.330 e. The van der Waals surface area contributed by atoms with Gasteiger partial charge in [-0.05, 0) is 43.6 Å². The van der Waals surface area contributed by atoms with Gasteiger partial charge in [-0.3, -0.25) is 0 Å². The lowest BCUT2D eigenvalue weighted by Crippen LogP contribution is -2.39. The highest BCUT2D eigenvalue weighted by Gasteiger charge is 2.40. The number of hydrogen-bond donors (Lipinski definition) is 1. The van der Waals surface area contributed by atoms with Crippen LogP contribution < -0.4 is 5.73 Å². The van der Waals surface area contributed by atoms with Gasteiger partial charge in [0.25, 0.3) is 0 Å². The van der Waals surface area contributed by atoms with E-state index in [4.69, 9.17) is 5.73 Å². The smallest absolute Gasteiger partial charge is 0.00745 e. The minimum atomic E-state index is 0.911. The molecule has 3 atom stereocenters. The van der Waals surface area contributed by atoms with Gasteiger partial charge in [-0.25, -0.2) is 0 Å². The molecule has 0 heterocycles. The highest BCUT2D eigenvalue weighted by Crippen LogP contribution is 2.50. The lowest BCUT2D eigenvalue weighted by molar-refractivity contribution is 0.0258. The van der Waals surface area contributed by atoms with Crippen molar-refractivity contribution >= 4 is 0 Å². The minimum absolute atomic E-state index is 0.911. The summed E-state index contributed by atoms with van der Waals surface area (Å²) in [5.41, 5.74) is 5.56. The predicted octanol–water partition coefficient (Wildman–Crippen LogP) is 2.16. The van der Waals surface area contributed by atoms with E-state index < -0.39 is 0 Å². The summed E-state index contributed by atoms with van der Waals surface area (Å²) in [6.07, 6.45) is 8.81. The van der Waals surface area contributed by atoms with Crippen LogP contribution in [0.4, 0.5) is 0 Å². The second-order valence-corrected chi connectivity index (χ2v) is 4.28. The molecule has 2 fully saturated rings. The highest BCUT2D eigenvalue weighted by atomic mass is 14.6. The zero-order valence-electron chi connectivity index (χ0n) is 7.26. The van der Waals surface area contributed by atoms with Crippen molar-refractivity contribution in [1.29, 1.82) is 0 Å². The van der Waals surface area contributed by atoms with Crippen LogP contribution >= 0.6 is 0 Å². The van der Waals surface area contributed by atoms with Gasteiger partial charge in [-0.2, -0.15) is 0 Å². The van der Waals surface area contributed by atoms with Crippen LogP contribution in [0.1, 0.15) is 38.5 Å². The van der Waals surface area contributed by atoms with Gasteiger partial charge in [0.05, 0.1) is 0 Å². The fraction of sp³-hybridized carbons (Fsp3) is 1.00. The Hall–Kier alpha value is -0.0400. The fourth-order valence-corrected chi connectivity index (χ4v) is 3.06. The van der Waals surface area contributed by atoms with E-state index in [1.54, 1.807) is 0 Å². The molecule has 2 aliphatic carbocycles. The summed E-state index contributed by atoms with van der Waals surface area (Å²) in [7, 11) is 0. The Morgan fingerprint density at radius 2 is 2.00 bits per heavy atom. The van der Waals surface area contributed by atoms with Crippen molar-refractivity contribution in [3.8, 4) is 0 Å². The molecule has 2 N–H and O–H groups in total. The quantitative estimate of drug-likeness (QED) is 0.646. The third-order valence-corrected chi connectivity index (χ3v) is 3.72. The summed E-state index contributed by atoms with van der Waals surface area (Å²) in [4.78, 5) is 0. The SMILES string of the molecule is NCCC1CC2CCCCC12. The van der Waals surface area contributed by atoms with Gasteiger partial charge >= 0.3 is 0 Å². The van der Waals surface area contributed by atoms with Crippen LogP contribution in [0.5, 0.6) is 0 Å². The van der Waals surface area contributed by atoms with Crippen molar-refractivity contribution < 1.29 is 0 Å². The summed E-state index contributed by atoms with van der Waals surface area (Å²) < 4.78 is 0. The van der Waals surface area contributed by atoms with Crippen molar-refractivity contribution in [3.05, 3.63) is 0 Å². The maximum atomic E-state index is 5.56. The molecule has 0 spiro atoms. The molecule has 0 amide bonds. The first-order valence-electron chi connectivity index (χ1n) is 5.12. The molecule has 1 heteroatoms. The Morgan fingerprint density at radius 1 is 1.18 bits per heavy atom. The van der Waals surface area contributed by atoms with Crippen LogP contribution in [-0.4, -0.2) is 6.54 Å². The maximum absolute atomic E-state index is 5.56. The second-order valence-electron chi connectivity index (χ2n) is 4.28. The van der Waals surface area contributed by atoms with Crippen LogP contribution in [0, 0.1) is 17.8 Å². The van der Waals surface area contributed by atoms with Crippen molar-refractivity contribution in [2.75, 3.05) is 6.54 Å². The van der Waals surface area contributed by atoms with Crippen LogP contribution in [0.3, 0.4) is 0 Å². The molecule has 3 unspecified atom stereocenters. The molecule has 0 aliphatic heterocycles. The van der Waals surface area contributed by atoms with Crippen molar-refractivity contribution in [2.24, 2.45) is 23.5 Å². The Labute approximate surface area is 69.4 Å². The molecule has 2 saturated carbocycles. The van der Waals surface area contributed by atoms with Crippen LogP contribution in [0.25, 0.3) is 0 Å². The predicted molar refractivity (Wildman–Crippen MR) is 47.2 cm³/mol. The number of hydrogen-bond acceptors (Lipinski definition) is 1. The number of rotatable bonds is 2. The maximum Gasteiger partial charge on any atom is -0.00745 e. The van der Waals surface area contributed by atoms with E-state index in [-0.39, 0.29) is 0 Å². The molecule has 2 rings (SSSR count). The summed E-state index contributed by atoms with van der Waals surface area (Å²) in [6, 6.07) is 0. The van der Waals surface area contributed by atoms with Gasteiger partial charge in [0.2, 0.25) is 0 Å². The van der Waals surface area contributed by atoms with Gasteiger partial charge in [0.1, 0.15) is 0 Å². The third kappa shape index (κ3) is 1.31. The molecular weight excluding hydrogens is 134 g/mol. The Morgan fingerprint density at radius 3 is 2.73 bits per heavy atom. The average Bonchev–Trinajstić information content (AvgIpc) is 2.01. The van der Waals surface area contributed by atoms with Crippen molar-refractivity contribution in [2.45, 2.75) is 38.5 Å². The number of fused-ring (bicyclic) bond motifs is 1. The molecule has 2 aliphatic rings. The average molecular weight is 153 g/mol. The third-order valence-electron chi connectivity index (χ3n) is 3.72. The second kappa shape index (κ2) is 3.14. The molecule has 11 heavy (non-hydrogen) atoms. The van der Waals surface area contributed by atoms with Gasteiger partial charge < -0.3 is 5.73 Å². The topological polar surface area (TPSA) is 26.0 Å². The highest BCUT2D eigenvalue weighted by molar-refractivity contribution is 4.91. The van der Waals surface area contributed by atoms with Crippen molar-refractivity contribution in [3.63, 3.8) is 0 Å². The van der Waals surface area contributed by atoms with E-state index >= 15 is 0 Å². The fourth-order valence-electron chi connectivity index (χ4n) is 3.06. The normalized spacial score (nSPS) is 42.8. The summed E-state index contributed by atoms with van der Waals surface area (Å²) in [6.45, 7) is 0.911. The summed E-state index contributed by atoms with van der Waals surface area (Å²) in [5.74, 6) is 3.22. The van der Waals surface area contributed by atoms with E-state index in [0.717, 1.165) is 24.3 Å². The Balaban J connectivity index is 1.81. The standard InChI is InChI=1S/C10H19N/c11-6-5-9-7-8-3-1-2-4-10(8)9/h8-10H,1-7,11H2. The lowest BCUT2D eigenvalue weighted by Gasteiger charge is -2.48. The van der Waals surface area contributed by atoms with Gasteiger partial charge in [0, 0.05) is 0 Å². The summed E-state index contributed by atoms with van der Waals surface area (Å²) >= 11 is 0. The monoisotopic (exact) mass is 153 g/mol. The first-order valence-corrected chi connectivity index (χ1v) is 5.12. The zero-order valence-corrected chi connectivity index (χ0v) is 7.26. The van der Waals surface area contributed by atoms with Gasteiger partial charge in [0.15, 0.2) is 0 Å². The van der Waals surface area contributed by atoms with E-state index in [1.807, 2.05) is 0 Å².